The van der Waals surface area contributed by atoms with Crippen molar-refractivity contribution in [3.05, 3.63) is 16.7 Å². The average molecular weight is 199 g/mol. The molecule has 3 nitrogen and oxygen atoms in total. The SMILES string of the molecule is Cc1c[nH]c(=S)n1CC(C)N(C)C. The molecule has 0 radical (unpaired) electrons. The number of nitrogens with one attached hydrogen (secondary N) is 1. The van der Waals surface area contributed by atoms with Crippen LogP contribution in [-0.4, -0.2) is 34.6 Å². The van der Waals surface area contributed by atoms with E-state index in [9.17, 15) is 0 Å². The molecule has 0 saturated carbocycles. The Kier molecular flexibility index (Phi) is 3.27. The zero-order chi connectivity index (χ0) is 10.0. The number of likely N-dealkylation sites (N-methyl/N-ethyl adjacent to an activating group) is 1. The molecule has 1 heterocycles. The number of imidazole rings is 1. The minimum Gasteiger partial charge on any atom is -0.337 e. The first-order chi connectivity index (χ1) is 6.02. The van der Waals surface area contributed by atoms with Crippen molar-refractivity contribution in [3.8, 4) is 0 Å². The lowest BCUT2D eigenvalue weighted by Crippen LogP contribution is -2.29. The van der Waals surface area contributed by atoms with E-state index in [1.807, 2.05) is 6.20 Å². The maximum Gasteiger partial charge on any atom is 0.177 e. The molecule has 1 N–H and O–H groups in total. The van der Waals surface area contributed by atoms with Crippen LogP contribution in [0.4, 0.5) is 0 Å². The van der Waals surface area contributed by atoms with Crippen LogP contribution >= 0.6 is 12.2 Å². The van der Waals surface area contributed by atoms with E-state index in [1.54, 1.807) is 0 Å². The summed E-state index contributed by atoms with van der Waals surface area (Å²) in [7, 11) is 4.16. The van der Waals surface area contributed by atoms with Gasteiger partial charge >= 0.3 is 0 Å². The molecule has 0 aliphatic carbocycles. The standard InChI is InChI=1S/C9H17N3S/c1-7-5-10-9(13)12(7)6-8(2)11(3)4/h5,8H,6H2,1-4H3,(H,10,13). The van der Waals surface area contributed by atoms with Gasteiger partial charge in [-0.3, -0.25) is 0 Å². The number of H-pyrrole nitrogens is 1. The Morgan fingerprint density at radius 1 is 1.62 bits per heavy atom. The lowest BCUT2D eigenvalue weighted by molar-refractivity contribution is 0.281. The fourth-order valence-corrected chi connectivity index (χ4v) is 1.41. The molecule has 0 spiro atoms. The molecule has 0 bridgehead atoms. The molecule has 1 aromatic rings. The van der Waals surface area contributed by atoms with Crippen LogP contribution in [-0.2, 0) is 6.54 Å². The molecule has 0 fully saturated rings. The Hall–Kier alpha value is -0.610. The second-order valence-corrected chi connectivity index (χ2v) is 4.05. The molecule has 1 unspecified atom stereocenters. The van der Waals surface area contributed by atoms with Gasteiger partial charge in [0, 0.05) is 24.5 Å². The van der Waals surface area contributed by atoms with E-state index in [4.69, 9.17) is 12.2 Å². The third-order valence-electron chi connectivity index (χ3n) is 2.40. The normalized spacial score (nSPS) is 13.6. The van der Waals surface area contributed by atoms with E-state index in [0.29, 0.717) is 6.04 Å². The Labute approximate surface area is 84.4 Å². The van der Waals surface area contributed by atoms with Crippen LogP contribution in [0.3, 0.4) is 0 Å². The molecule has 0 aliphatic heterocycles. The Bertz CT molecular complexity index is 324. The van der Waals surface area contributed by atoms with Crippen LogP contribution in [0, 0.1) is 11.7 Å². The lowest BCUT2D eigenvalue weighted by atomic mass is 10.3. The zero-order valence-corrected chi connectivity index (χ0v) is 9.48. The summed E-state index contributed by atoms with van der Waals surface area (Å²) >= 11 is 5.17. The summed E-state index contributed by atoms with van der Waals surface area (Å²) in [5.74, 6) is 0. The summed E-state index contributed by atoms with van der Waals surface area (Å²) < 4.78 is 2.94. The Balaban J connectivity index is 2.79. The van der Waals surface area contributed by atoms with E-state index in [1.165, 1.54) is 5.69 Å². The topological polar surface area (TPSA) is 24.0 Å². The first-order valence-corrected chi connectivity index (χ1v) is 4.84. The van der Waals surface area contributed by atoms with Gasteiger partial charge in [0.2, 0.25) is 0 Å². The summed E-state index contributed by atoms with van der Waals surface area (Å²) in [5.41, 5.74) is 1.19. The highest BCUT2D eigenvalue weighted by atomic mass is 32.1. The molecular weight excluding hydrogens is 182 g/mol. The van der Waals surface area contributed by atoms with Crippen molar-refractivity contribution in [2.24, 2.45) is 0 Å². The van der Waals surface area contributed by atoms with E-state index < -0.39 is 0 Å². The zero-order valence-electron chi connectivity index (χ0n) is 8.66. The number of hydrogen-bond acceptors (Lipinski definition) is 2. The monoisotopic (exact) mass is 199 g/mol. The molecule has 1 atom stereocenters. The summed E-state index contributed by atoms with van der Waals surface area (Å²) in [4.78, 5) is 5.23. The summed E-state index contributed by atoms with van der Waals surface area (Å²) in [6, 6.07) is 0.501. The fraction of sp³-hybridized carbons (Fsp3) is 0.667. The van der Waals surface area contributed by atoms with Gasteiger partial charge < -0.3 is 14.5 Å². The minimum atomic E-state index is 0.501. The van der Waals surface area contributed by atoms with Crippen LogP contribution in [0.15, 0.2) is 6.20 Å². The summed E-state index contributed by atoms with van der Waals surface area (Å²) in [6.45, 7) is 5.20. The fourth-order valence-electron chi connectivity index (χ4n) is 1.14. The van der Waals surface area contributed by atoms with Gasteiger partial charge in [0.15, 0.2) is 4.77 Å². The maximum absolute atomic E-state index is 5.17. The number of hydrogen-bond donors (Lipinski definition) is 1. The quantitative estimate of drug-likeness (QED) is 0.751. The largest absolute Gasteiger partial charge is 0.337 e. The van der Waals surface area contributed by atoms with Crippen LogP contribution < -0.4 is 0 Å². The van der Waals surface area contributed by atoms with Crippen LogP contribution in [0.1, 0.15) is 12.6 Å². The molecule has 0 saturated heterocycles. The van der Waals surface area contributed by atoms with E-state index >= 15 is 0 Å². The van der Waals surface area contributed by atoms with Crippen molar-refractivity contribution in [1.29, 1.82) is 0 Å². The Morgan fingerprint density at radius 3 is 2.62 bits per heavy atom. The van der Waals surface area contributed by atoms with E-state index in [-0.39, 0.29) is 0 Å². The molecular formula is C9H17N3S. The van der Waals surface area contributed by atoms with Crippen molar-refractivity contribution in [2.75, 3.05) is 14.1 Å². The van der Waals surface area contributed by atoms with Crippen LogP contribution in [0.2, 0.25) is 0 Å². The van der Waals surface area contributed by atoms with Crippen molar-refractivity contribution in [1.82, 2.24) is 14.5 Å². The summed E-state index contributed by atoms with van der Waals surface area (Å²) in [6.07, 6.45) is 1.95. The van der Waals surface area contributed by atoms with Crippen LogP contribution in [0.5, 0.6) is 0 Å². The summed E-state index contributed by atoms with van der Waals surface area (Å²) in [5, 5.41) is 0. The van der Waals surface area contributed by atoms with Crippen molar-refractivity contribution >= 4 is 12.2 Å². The molecule has 74 valence electrons. The van der Waals surface area contributed by atoms with Gasteiger partial charge in [0.25, 0.3) is 0 Å². The number of aryl methyl sites for hydroxylation is 1. The van der Waals surface area contributed by atoms with Crippen molar-refractivity contribution in [3.63, 3.8) is 0 Å². The smallest absolute Gasteiger partial charge is 0.177 e. The highest BCUT2D eigenvalue weighted by Gasteiger charge is 2.07. The number of aromatic amines is 1. The van der Waals surface area contributed by atoms with Crippen LogP contribution in [0.25, 0.3) is 0 Å². The third kappa shape index (κ3) is 2.42. The van der Waals surface area contributed by atoms with Gasteiger partial charge in [-0.1, -0.05) is 0 Å². The van der Waals surface area contributed by atoms with Crippen molar-refractivity contribution in [2.45, 2.75) is 26.4 Å². The maximum atomic E-state index is 5.17. The number of nitrogens with zero attached hydrogens (tertiary/aromatic N) is 2. The van der Waals surface area contributed by atoms with E-state index in [2.05, 4.69) is 42.4 Å². The molecule has 1 aromatic heterocycles. The third-order valence-corrected chi connectivity index (χ3v) is 2.74. The average Bonchev–Trinajstić information content (AvgIpc) is 2.35. The molecule has 0 aromatic carbocycles. The number of aromatic nitrogens is 2. The second-order valence-electron chi connectivity index (χ2n) is 3.66. The van der Waals surface area contributed by atoms with Gasteiger partial charge in [-0.2, -0.15) is 0 Å². The van der Waals surface area contributed by atoms with Gasteiger partial charge in [0.1, 0.15) is 0 Å². The Morgan fingerprint density at radius 2 is 2.23 bits per heavy atom. The number of rotatable bonds is 3. The molecule has 1 rings (SSSR count). The van der Waals surface area contributed by atoms with Gasteiger partial charge in [0.05, 0.1) is 0 Å². The first-order valence-electron chi connectivity index (χ1n) is 4.43. The highest BCUT2D eigenvalue weighted by molar-refractivity contribution is 7.71. The predicted molar refractivity (Wildman–Crippen MR) is 57.5 cm³/mol. The first kappa shape index (κ1) is 10.5. The molecule has 4 heteroatoms. The second kappa shape index (κ2) is 4.07. The lowest BCUT2D eigenvalue weighted by Gasteiger charge is -2.20. The molecule has 0 amide bonds. The van der Waals surface area contributed by atoms with Gasteiger partial charge in [-0.25, -0.2) is 0 Å². The highest BCUT2D eigenvalue weighted by Crippen LogP contribution is 2.03. The van der Waals surface area contributed by atoms with Gasteiger partial charge in [-0.15, -0.1) is 0 Å². The minimum absolute atomic E-state index is 0.501. The van der Waals surface area contributed by atoms with Crippen molar-refractivity contribution < 1.29 is 0 Å². The molecule has 0 aliphatic rings. The molecule has 13 heavy (non-hydrogen) atoms. The van der Waals surface area contributed by atoms with Gasteiger partial charge in [-0.05, 0) is 40.2 Å². The predicted octanol–water partition coefficient (Wildman–Crippen LogP) is 1.80. The van der Waals surface area contributed by atoms with E-state index in [0.717, 1.165) is 11.3 Å².